The maximum Gasteiger partial charge on any atom is 0.105 e. The summed E-state index contributed by atoms with van der Waals surface area (Å²) in [5, 5.41) is 3.75. The van der Waals surface area contributed by atoms with Gasteiger partial charge in [-0.3, -0.25) is 0 Å². The maximum atomic E-state index is 5.43. The Morgan fingerprint density at radius 1 is 1.26 bits per heavy atom. The van der Waals surface area contributed by atoms with Crippen LogP contribution in [-0.2, 0) is 6.42 Å². The molecule has 2 aliphatic rings. The Bertz CT molecular complexity index is 357. The van der Waals surface area contributed by atoms with Gasteiger partial charge in [-0.05, 0) is 30.9 Å². The SMILES string of the molecule is c1coc(CCN2CCNC(C3CCCCC3)C2)c1. The van der Waals surface area contributed by atoms with E-state index in [-0.39, 0.29) is 0 Å². The fraction of sp³-hybridized carbons (Fsp3) is 0.750. The van der Waals surface area contributed by atoms with E-state index in [1.165, 1.54) is 45.2 Å². The second-order valence-electron chi connectivity index (χ2n) is 6.09. The molecule has 3 nitrogen and oxygen atoms in total. The van der Waals surface area contributed by atoms with Gasteiger partial charge in [-0.1, -0.05) is 19.3 Å². The highest BCUT2D eigenvalue weighted by molar-refractivity contribution is 4.99. The quantitative estimate of drug-likeness (QED) is 0.904. The number of nitrogens with one attached hydrogen (secondary N) is 1. The molecule has 0 spiro atoms. The first-order valence-corrected chi connectivity index (χ1v) is 7.90. The Morgan fingerprint density at radius 3 is 2.95 bits per heavy atom. The van der Waals surface area contributed by atoms with Gasteiger partial charge in [-0.2, -0.15) is 0 Å². The summed E-state index contributed by atoms with van der Waals surface area (Å²) in [6.45, 7) is 4.70. The molecule has 1 aromatic rings. The Labute approximate surface area is 116 Å². The number of rotatable bonds is 4. The van der Waals surface area contributed by atoms with Crippen LogP contribution >= 0.6 is 0 Å². The van der Waals surface area contributed by atoms with E-state index in [1.807, 2.05) is 6.07 Å². The van der Waals surface area contributed by atoms with Crippen LogP contribution < -0.4 is 5.32 Å². The lowest BCUT2D eigenvalue weighted by Crippen LogP contribution is -2.54. The normalized spacial score (nSPS) is 26.6. The molecule has 106 valence electrons. The Morgan fingerprint density at radius 2 is 2.16 bits per heavy atom. The molecule has 3 rings (SSSR count). The highest BCUT2D eigenvalue weighted by Crippen LogP contribution is 2.27. The van der Waals surface area contributed by atoms with Crippen LogP contribution in [0.5, 0.6) is 0 Å². The summed E-state index contributed by atoms with van der Waals surface area (Å²) >= 11 is 0. The Kier molecular flexibility index (Phi) is 4.57. The average molecular weight is 262 g/mol. The van der Waals surface area contributed by atoms with Crippen LogP contribution in [0.1, 0.15) is 37.9 Å². The molecule has 2 heterocycles. The zero-order valence-electron chi connectivity index (χ0n) is 11.8. The summed E-state index contributed by atoms with van der Waals surface area (Å²) in [5.41, 5.74) is 0. The molecular formula is C16H26N2O. The van der Waals surface area contributed by atoms with E-state index in [2.05, 4.69) is 16.3 Å². The van der Waals surface area contributed by atoms with Gasteiger partial charge in [-0.15, -0.1) is 0 Å². The molecule has 1 saturated carbocycles. The second kappa shape index (κ2) is 6.58. The summed E-state index contributed by atoms with van der Waals surface area (Å²) < 4.78 is 5.43. The van der Waals surface area contributed by atoms with E-state index in [0.717, 1.165) is 37.2 Å². The average Bonchev–Trinajstić information content (AvgIpc) is 3.00. The van der Waals surface area contributed by atoms with E-state index >= 15 is 0 Å². The van der Waals surface area contributed by atoms with Crippen LogP contribution in [0.15, 0.2) is 22.8 Å². The first kappa shape index (κ1) is 13.2. The van der Waals surface area contributed by atoms with Crippen molar-refractivity contribution in [3.8, 4) is 0 Å². The van der Waals surface area contributed by atoms with Crippen molar-refractivity contribution in [3.63, 3.8) is 0 Å². The van der Waals surface area contributed by atoms with E-state index in [1.54, 1.807) is 6.26 Å². The fourth-order valence-electron chi connectivity index (χ4n) is 3.62. The van der Waals surface area contributed by atoms with Crippen molar-refractivity contribution in [2.45, 2.75) is 44.6 Å². The van der Waals surface area contributed by atoms with Crippen molar-refractivity contribution >= 4 is 0 Å². The van der Waals surface area contributed by atoms with Gasteiger partial charge in [0.1, 0.15) is 5.76 Å². The minimum atomic E-state index is 0.727. The largest absolute Gasteiger partial charge is 0.469 e. The van der Waals surface area contributed by atoms with Gasteiger partial charge < -0.3 is 14.6 Å². The lowest BCUT2D eigenvalue weighted by molar-refractivity contribution is 0.146. The molecule has 1 N–H and O–H groups in total. The summed E-state index contributed by atoms with van der Waals surface area (Å²) in [5.74, 6) is 2.04. The van der Waals surface area contributed by atoms with Crippen LogP contribution in [-0.4, -0.2) is 37.1 Å². The van der Waals surface area contributed by atoms with Crippen LogP contribution in [0.4, 0.5) is 0 Å². The zero-order chi connectivity index (χ0) is 12.9. The monoisotopic (exact) mass is 262 g/mol. The van der Waals surface area contributed by atoms with Crippen LogP contribution in [0.2, 0.25) is 0 Å². The van der Waals surface area contributed by atoms with Crippen molar-refractivity contribution < 1.29 is 4.42 Å². The maximum absolute atomic E-state index is 5.43. The first-order valence-electron chi connectivity index (χ1n) is 7.90. The summed E-state index contributed by atoms with van der Waals surface area (Å²) in [6.07, 6.45) is 10.0. The van der Waals surface area contributed by atoms with Crippen molar-refractivity contribution in [2.24, 2.45) is 5.92 Å². The van der Waals surface area contributed by atoms with Gasteiger partial charge in [0.05, 0.1) is 6.26 Å². The predicted octanol–water partition coefficient (Wildman–Crippen LogP) is 2.68. The standard InChI is InChI=1S/C16H26N2O/c1-2-5-14(6-3-1)16-13-18(11-9-17-16)10-8-15-7-4-12-19-15/h4,7,12,14,16-17H,1-3,5-6,8-11,13H2. The molecule has 2 fully saturated rings. The molecule has 1 aromatic heterocycles. The second-order valence-corrected chi connectivity index (χ2v) is 6.09. The third-order valence-electron chi connectivity index (χ3n) is 4.76. The van der Waals surface area contributed by atoms with Crippen molar-refractivity contribution in [3.05, 3.63) is 24.2 Å². The highest BCUT2D eigenvalue weighted by Gasteiger charge is 2.27. The molecule has 1 aliphatic heterocycles. The van der Waals surface area contributed by atoms with Gasteiger partial charge in [0, 0.05) is 38.6 Å². The van der Waals surface area contributed by atoms with Crippen LogP contribution in [0.25, 0.3) is 0 Å². The fourth-order valence-corrected chi connectivity index (χ4v) is 3.62. The minimum absolute atomic E-state index is 0.727. The molecule has 19 heavy (non-hydrogen) atoms. The number of nitrogens with zero attached hydrogens (tertiary/aromatic N) is 1. The number of hydrogen-bond acceptors (Lipinski definition) is 3. The van der Waals surface area contributed by atoms with Gasteiger partial charge in [-0.25, -0.2) is 0 Å². The third kappa shape index (κ3) is 3.61. The van der Waals surface area contributed by atoms with E-state index in [0.29, 0.717) is 0 Å². The highest BCUT2D eigenvalue weighted by atomic mass is 16.3. The van der Waals surface area contributed by atoms with Crippen molar-refractivity contribution in [2.75, 3.05) is 26.2 Å². The van der Waals surface area contributed by atoms with Gasteiger partial charge in [0.25, 0.3) is 0 Å². The van der Waals surface area contributed by atoms with Crippen molar-refractivity contribution in [1.29, 1.82) is 0 Å². The molecule has 0 aromatic carbocycles. The van der Waals surface area contributed by atoms with Crippen LogP contribution in [0.3, 0.4) is 0 Å². The number of furan rings is 1. The predicted molar refractivity (Wildman–Crippen MR) is 77.2 cm³/mol. The van der Waals surface area contributed by atoms with E-state index in [9.17, 15) is 0 Å². The summed E-state index contributed by atoms with van der Waals surface area (Å²) in [7, 11) is 0. The summed E-state index contributed by atoms with van der Waals surface area (Å²) in [4.78, 5) is 2.61. The summed E-state index contributed by atoms with van der Waals surface area (Å²) in [6, 6.07) is 4.80. The molecule has 1 unspecified atom stereocenters. The van der Waals surface area contributed by atoms with E-state index in [4.69, 9.17) is 4.42 Å². The molecular weight excluding hydrogens is 236 g/mol. The van der Waals surface area contributed by atoms with Crippen LogP contribution in [0, 0.1) is 5.92 Å². The van der Waals surface area contributed by atoms with Crippen molar-refractivity contribution in [1.82, 2.24) is 10.2 Å². The topological polar surface area (TPSA) is 28.4 Å². The molecule has 1 aliphatic carbocycles. The first-order chi connectivity index (χ1) is 9.42. The van der Waals surface area contributed by atoms with Gasteiger partial charge in [0.15, 0.2) is 0 Å². The molecule has 1 saturated heterocycles. The van der Waals surface area contributed by atoms with E-state index < -0.39 is 0 Å². The Hall–Kier alpha value is -0.800. The number of piperazine rings is 1. The molecule has 0 radical (unpaired) electrons. The minimum Gasteiger partial charge on any atom is -0.469 e. The van der Waals surface area contributed by atoms with Gasteiger partial charge in [0.2, 0.25) is 0 Å². The lowest BCUT2D eigenvalue weighted by atomic mass is 9.83. The van der Waals surface area contributed by atoms with Gasteiger partial charge >= 0.3 is 0 Å². The Balaban J connectivity index is 1.47. The molecule has 0 bridgehead atoms. The molecule has 1 atom stereocenters. The smallest absolute Gasteiger partial charge is 0.105 e. The zero-order valence-corrected chi connectivity index (χ0v) is 11.8. The lowest BCUT2D eigenvalue weighted by Gasteiger charge is -2.39. The third-order valence-corrected chi connectivity index (χ3v) is 4.76. The molecule has 0 amide bonds. The number of hydrogen-bond donors (Lipinski definition) is 1. The molecule has 3 heteroatoms.